The van der Waals surface area contributed by atoms with Crippen molar-refractivity contribution < 1.29 is 13.2 Å². The first-order chi connectivity index (χ1) is 9.45. The van der Waals surface area contributed by atoms with E-state index in [-0.39, 0.29) is 22.0 Å². The minimum atomic E-state index is -0.656. The molecule has 0 aromatic heterocycles. The maximum atomic E-state index is 13.6. The Morgan fingerprint density at radius 2 is 1.85 bits per heavy atom. The van der Waals surface area contributed by atoms with E-state index in [1.807, 2.05) is 6.92 Å². The Morgan fingerprint density at radius 1 is 1.10 bits per heavy atom. The summed E-state index contributed by atoms with van der Waals surface area (Å²) < 4.78 is 40.0. The molecule has 1 N–H and O–H groups in total. The maximum Gasteiger partial charge on any atom is 0.149 e. The van der Waals surface area contributed by atoms with E-state index in [4.69, 9.17) is 0 Å². The molecule has 0 saturated carbocycles. The fourth-order valence-electron chi connectivity index (χ4n) is 1.97. The number of anilines is 1. The zero-order chi connectivity index (χ0) is 14.7. The molecule has 106 valence electrons. The Balaban J connectivity index is 2.08. The third-order valence-electron chi connectivity index (χ3n) is 2.84. The fourth-order valence-corrected chi connectivity index (χ4v) is 2.31. The smallest absolute Gasteiger partial charge is 0.149 e. The summed E-state index contributed by atoms with van der Waals surface area (Å²) in [6, 6.07) is 8.30. The van der Waals surface area contributed by atoms with Gasteiger partial charge in [-0.05, 0) is 53.0 Å². The molecule has 1 unspecified atom stereocenters. The summed E-state index contributed by atoms with van der Waals surface area (Å²) in [4.78, 5) is 0. The minimum Gasteiger partial charge on any atom is -0.380 e. The Labute approximate surface area is 123 Å². The van der Waals surface area contributed by atoms with E-state index in [9.17, 15) is 13.2 Å². The zero-order valence-electron chi connectivity index (χ0n) is 10.8. The van der Waals surface area contributed by atoms with Gasteiger partial charge in [-0.3, -0.25) is 0 Å². The van der Waals surface area contributed by atoms with Crippen LogP contribution in [0.1, 0.15) is 12.5 Å². The fraction of sp³-hybridized carbons (Fsp3) is 0.200. The van der Waals surface area contributed by atoms with Gasteiger partial charge in [0.15, 0.2) is 0 Å². The van der Waals surface area contributed by atoms with Crippen molar-refractivity contribution in [3.8, 4) is 0 Å². The van der Waals surface area contributed by atoms with E-state index in [2.05, 4.69) is 21.2 Å². The molecular weight excluding hydrogens is 331 g/mol. The van der Waals surface area contributed by atoms with E-state index < -0.39 is 11.6 Å². The Bertz CT molecular complexity index is 616. The van der Waals surface area contributed by atoms with Crippen LogP contribution < -0.4 is 5.32 Å². The Kier molecular flexibility index (Phi) is 4.70. The molecule has 0 amide bonds. The second kappa shape index (κ2) is 6.31. The second-order valence-electron chi connectivity index (χ2n) is 4.63. The number of nitrogens with one attached hydrogen (secondary N) is 1. The van der Waals surface area contributed by atoms with Crippen molar-refractivity contribution in [2.45, 2.75) is 19.4 Å². The van der Waals surface area contributed by atoms with Gasteiger partial charge in [-0.15, -0.1) is 0 Å². The van der Waals surface area contributed by atoms with Crippen LogP contribution in [0.25, 0.3) is 0 Å². The molecule has 0 heterocycles. The lowest BCUT2D eigenvalue weighted by Gasteiger charge is -2.16. The first kappa shape index (κ1) is 14.9. The van der Waals surface area contributed by atoms with Crippen LogP contribution in [0.4, 0.5) is 18.9 Å². The predicted molar refractivity (Wildman–Crippen MR) is 77.2 cm³/mol. The predicted octanol–water partition coefficient (Wildman–Crippen LogP) is 4.91. The van der Waals surface area contributed by atoms with Crippen molar-refractivity contribution in [2.75, 3.05) is 5.32 Å². The highest BCUT2D eigenvalue weighted by molar-refractivity contribution is 9.10. The molecule has 2 rings (SSSR count). The number of benzene rings is 2. The number of halogens is 4. The van der Waals surface area contributed by atoms with Crippen LogP contribution in [-0.2, 0) is 6.42 Å². The number of rotatable bonds is 4. The molecule has 0 aliphatic carbocycles. The molecule has 0 radical (unpaired) electrons. The zero-order valence-corrected chi connectivity index (χ0v) is 12.3. The largest absolute Gasteiger partial charge is 0.380 e. The monoisotopic (exact) mass is 343 g/mol. The summed E-state index contributed by atoms with van der Waals surface area (Å²) in [5.74, 6) is -1.60. The maximum absolute atomic E-state index is 13.6. The van der Waals surface area contributed by atoms with Crippen molar-refractivity contribution in [3.63, 3.8) is 0 Å². The van der Waals surface area contributed by atoms with Gasteiger partial charge in [0.05, 0.1) is 10.2 Å². The van der Waals surface area contributed by atoms with Crippen molar-refractivity contribution in [2.24, 2.45) is 0 Å². The summed E-state index contributed by atoms with van der Waals surface area (Å²) in [5, 5.41) is 2.95. The van der Waals surface area contributed by atoms with Gasteiger partial charge in [-0.2, -0.15) is 0 Å². The first-order valence-corrected chi connectivity index (χ1v) is 6.90. The highest BCUT2D eigenvalue weighted by atomic mass is 79.9. The second-order valence-corrected chi connectivity index (χ2v) is 5.48. The standard InChI is InChI=1S/C15H13BrF3N/c1-9(5-10-3-2-4-11(17)6-10)20-15-7-12(16)13(18)8-14(15)19/h2-4,6-9,20H,5H2,1H3. The van der Waals surface area contributed by atoms with Crippen molar-refractivity contribution >= 4 is 21.6 Å². The summed E-state index contributed by atoms with van der Waals surface area (Å²) in [6.45, 7) is 1.85. The SMILES string of the molecule is CC(Cc1cccc(F)c1)Nc1cc(Br)c(F)cc1F. The lowest BCUT2D eigenvalue weighted by Crippen LogP contribution is -2.19. The third-order valence-corrected chi connectivity index (χ3v) is 3.45. The molecular formula is C15H13BrF3N. The van der Waals surface area contributed by atoms with E-state index >= 15 is 0 Å². The van der Waals surface area contributed by atoms with E-state index in [1.165, 1.54) is 18.2 Å². The average molecular weight is 344 g/mol. The van der Waals surface area contributed by atoms with Gasteiger partial charge in [-0.25, -0.2) is 13.2 Å². The van der Waals surface area contributed by atoms with Gasteiger partial charge in [0.1, 0.15) is 17.5 Å². The van der Waals surface area contributed by atoms with Gasteiger partial charge in [0.2, 0.25) is 0 Å². The molecule has 20 heavy (non-hydrogen) atoms. The molecule has 0 aliphatic heterocycles. The molecule has 0 bridgehead atoms. The minimum absolute atomic E-state index is 0.122. The molecule has 1 atom stereocenters. The molecule has 2 aromatic rings. The van der Waals surface area contributed by atoms with Gasteiger partial charge in [0.25, 0.3) is 0 Å². The van der Waals surface area contributed by atoms with E-state index in [0.29, 0.717) is 6.42 Å². The molecule has 1 nitrogen and oxygen atoms in total. The normalized spacial score (nSPS) is 12.2. The van der Waals surface area contributed by atoms with Crippen LogP contribution in [-0.4, -0.2) is 6.04 Å². The van der Waals surface area contributed by atoms with Crippen LogP contribution in [0.2, 0.25) is 0 Å². The summed E-state index contributed by atoms with van der Waals surface area (Å²) in [5.41, 5.74) is 1.02. The van der Waals surface area contributed by atoms with E-state index in [1.54, 1.807) is 12.1 Å². The molecule has 0 fully saturated rings. The molecule has 5 heteroatoms. The number of hydrogen-bond donors (Lipinski definition) is 1. The third kappa shape index (κ3) is 3.76. The van der Waals surface area contributed by atoms with Gasteiger partial charge < -0.3 is 5.32 Å². The first-order valence-electron chi connectivity index (χ1n) is 6.11. The Hall–Kier alpha value is -1.49. The van der Waals surface area contributed by atoms with Crippen LogP contribution in [0.15, 0.2) is 40.9 Å². The highest BCUT2D eigenvalue weighted by Gasteiger charge is 2.11. The Morgan fingerprint density at radius 3 is 2.55 bits per heavy atom. The van der Waals surface area contributed by atoms with Gasteiger partial charge >= 0.3 is 0 Å². The lowest BCUT2D eigenvalue weighted by molar-refractivity contribution is 0.578. The van der Waals surface area contributed by atoms with Crippen LogP contribution in [0.5, 0.6) is 0 Å². The molecule has 0 spiro atoms. The molecule has 0 aliphatic rings. The van der Waals surface area contributed by atoms with Crippen LogP contribution in [0, 0.1) is 17.5 Å². The van der Waals surface area contributed by atoms with Crippen LogP contribution >= 0.6 is 15.9 Å². The van der Waals surface area contributed by atoms with Gasteiger partial charge in [-0.1, -0.05) is 12.1 Å². The molecule has 0 saturated heterocycles. The topological polar surface area (TPSA) is 12.0 Å². The van der Waals surface area contributed by atoms with E-state index in [0.717, 1.165) is 11.6 Å². The van der Waals surface area contributed by atoms with Crippen molar-refractivity contribution in [1.29, 1.82) is 0 Å². The summed E-state index contributed by atoms with van der Waals surface area (Å²) in [6.07, 6.45) is 0.534. The van der Waals surface area contributed by atoms with Crippen molar-refractivity contribution in [1.82, 2.24) is 0 Å². The summed E-state index contributed by atoms with van der Waals surface area (Å²) >= 11 is 3.02. The number of hydrogen-bond acceptors (Lipinski definition) is 1. The lowest BCUT2D eigenvalue weighted by atomic mass is 10.1. The molecule has 2 aromatic carbocycles. The average Bonchev–Trinajstić information content (AvgIpc) is 2.36. The quantitative estimate of drug-likeness (QED) is 0.777. The van der Waals surface area contributed by atoms with Gasteiger partial charge in [0, 0.05) is 12.1 Å². The highest BCUT2D eigenvalue weighted by Crippen LogP contribution is 2.24. The van der Waals surface area contributed by atoms with Crippen LogP contribution in [0.3, 0.4) is 0 Å². The summed E-state index contributed by atoms with van der Waals surface area (Å²) in [7, 11) is 0. The van der Waals surface area contributed by atoms with Crippen molar-refractivity contribution in [3.05, 3.63) is 63.9 Å².